The maximum Gasteiger partial charge on any atom is 0.328 e. The van der Waals surface area contributed by atoms with E-state index in [-0.39, 0.29) is 32.1 Å². The molecule has 0 aromatic heterocycles. The SMILES string of the molecule is CSCCC(NC(=O)C(N)CCC(N)=O)C(=O)NC(CCC(N)=O)C(=O)NC(C(=O)O)C(C)O. The van der Waals surface area contributed by atoms with Crippen molar-refractivity contribution in [3.63, 3.8) is 0 Å². The second-order valence-corrected chi connectivity index (χ2v) is 8.57. The summed E-state index contributed by atoms with van der Waals surface area (Å²) in [7, 11) is 0. The van der Waals surface area contributed by atoms with Gasteiger partial charge in [0.1, 0.15) is 12.1 Å². The van der Waals surface area contributed by atoms with Crippen molar-refractivity contribution in [1.29, 1.82) is 0 Å². The van der Waals surface area contributed by atoms with E-state index in [9.17, 15) is 33.9 Å². The Bertz CT molecular complexity index is 750. The number of aliphatic hydroxyl groups excluding tert-OH is 1. The molecule has 0 aliphatic carbocycles. The maximum atomic E-state index is 12.9. The Morgan fingerprint density at radius 1 is 0.824 bits per heavy atom. The summed E-state index contributed by atoms with van der Waals surface area (Å²) in [5, 5.41) is 25.7. The zero-order valence-corrected chi connectivity index (χ0v) is 19.9. The fourth-order valence-electron chi connectivity index (χ4n) is 2.68. The van der Waals surface area contributed by atoms with Crippen LogP contribution in [0.25, 0.3) is 0 Å². The first-order valence-corrected chi connectivity index (χ1v) is 11.8. The number of amides is 5. The Labute approximate surface area is 201 Å². The number of primary amides is 2. The molecule has 0 rings (SSSR count). The lowest BCUT2D eigenvalue weighted by atomic mass is 10.1. The lowest BCUT2D eigenvalue weighted by Gasteiger charge is -2.25. The van der Waals surface area contributed by atoms with Gasteiger partial charge in [0, 0.05) is 12.8 Å². The van der Waals surface area contributed by atoms with Crippen LogP contribution in [0.5, 0.6) is 0 Å². The number of rotatable bonds is 17. The van der Waals surface area contributed by atoms with Crippen LogP contribution in [0.15, 0.2) is 0 Å². The average Bonchev–Trinajstić information content (AvgIpc) is 2.74. The van der Waals surface area contributed by atoms with Gasteiger partial charge in [-0.25, -0.2) is 4.79 Å². The Morgan fingerprint density at radius 3 is 1.76 bits per heavy atom. The number of carbonyl (C=O) groups excluding carboxylic acids is 5. The predicted octanol–water partition coefficient (Wildman–Crippen LogP) is -3.48. The van der Waals surface area contributed by atoms with Gasteiger partial charge in [-0.2, -0.15) is 11.8 Å². The molecular formula is C19H34N6O8S. The fourth-order valence-corrected chi connectivity index (χ4v) is 3.15. The summed E-state index contributed by atoms with van der Waals surface area (Å²) in [4.78, 5) is 71.2. The monoisotopic (exact) mass is 506 g/mol. The lowest BCUT2D eigenvalue weighted by molar-refractivity contribution is -0.145. The molecule has 5 unspecified atom stereocenters. The molecule has 15 heteroatoms. The van der Waals surface area contributed by atoms with Crippen LogP contribution < -0.4 is 33.2 Å². The molecule has 0 saturated heterocycles. The number of nitrogens with one attached hydrogen (secondary N) is 3. The number of aliphatic hydroxyl groups is 1. The molecule has 0 aliphatic rings. The molecule has 0 bridgehead atoms. The van der Waals surface area contributed by atoms with Gasteiger partial charge in [-0.1, -0.05) is 0 Å². The van der Waals surface area contributed by atoms with E-state index in [1.165, 1.54) is 11.8 Å². The van der Waals surface area contributed by atoms with Gasteiger partial charge >= 0.3 is 5.97 Å². The van der Waals surface area contributed by atoms with Crippen LogP contribution >= 0.6 is 11.8 Å². The number of hydrogen-bond donors (Lipinski definition) is 8. The largest absolute Gasteiger partial charge is 0.480 e. The van der Waals surface area contributed by atoms with Gasteiger partial charge in [0.25, 0.3) is 0 Å². The van der Waals surface area contributed by atoms with Crippen molar-refractivity contribution < 1.29 is 39.0 Å². The molecular weight excluding hydrogens is 472 g/mol. The van der Waals surface area contributed by atoms with Gasteiger partial charge in [-0.15, -0.1) is 0 Å². The standard InChI is InChI=1S/C19H34N6O8S/c1-9(26)15(19(32)33)25-18(31)11(4-6-14(22)28)24-17(30)12(7-8-34-2)23-16(29)10(20)3-5-13(21)27/h9-12,15,26H,3-8,20H2,1-2H3,(H2,21,27)(H2,22,28)(H,23,29)(H,24,30)(H,25,31)(H,32,33). The third kappa shape index (κ3) is 12.4. The molecule has 0 aromatic rings. The van der Waals surface area contributed by atoms with E-state index >= 15 is 0 Å². The molecule has 14 nitrogen and oxygen atoms in total. The molecule has 11 N–H and O–H groups in total. The van der Waals surface area contributed by atoms with Crippen LogP contribution in [-0.2, 0) is 28.8 Å². The zero-order valence-electron chi connectivity index (χ0n) is 19.1. The van der Waals surface area contributed by atoms with E-state index in [1.54, 1.807) is 6.26 Å². The molecule has 0 aliphatic heterocycles. The predicted molar refractivity (Wildman–Crippen MR) is 123 cm³/mol. The summed E-state index contributed by atoms with van der Waals surface area (Å²) in [5.41, 5.74) is 15.9. The van der Waals surface area contributed by atoms with Crippen molar-refractivity contribution in [2.75, 3.05) is 12.0 Å². The highest BCUT2D eigenvalue weighted by Gasteiger charge is 2.32. The number of thioether (sulfide) groups is 1. The first-order chi connectivity index (χ1) is 15.8. The second kappa shape index (κ2) is 15.8. The van der Waals surface area contributed by atoms with Crippen LogP contribution in [0.3, 0.4) is 0 Å². The summed E-state index contributed by atoms with van der Waals surface area (Å²) < 4.78 is 0. The van der Waals surface area contributed by atoms with Crippen LogP contribution in [0.2, 0.25) is 0 Å². The van der Waals surface area contributed by atoms with E-state index in [0.717, 1.165) is 6.92 Å². The molecule has 5 amide bonds. The fraction of sp³-hybridized carbons (Fsp3) is 0.684. The molecule has 194 valence electrons. The van der Waals surface area contributed by atoms with Crippen molar-refractivity contribution >= 4 is 47.3 Å². The second-order valence-electron chi connectivity index (χ2n) is 7.59. The van der Waals surface area contributed by atoms with Crippen LogP contribution in [0.4, 0.5) is 0 Å². The molecule has 0 saturated carbocycles. The summed E-state index contributed by atoms with van der Waals surface area (Å²) in [5.74, 6) is -4.89. The Balaban J connectivity index is 5.49. The number of carboxylic acid groups (broad SMARTS) is 1. The van der Waals surface area contributed by atoms with Gasteiger partial charge in [0.2, 0.25) is 29.5 Å². The van der Waals surface area contributed by atoms with Crippen molar-refractivity contribution in [3.8, 4) is 0 Å². The summed E-state index contributed by atoms with van der Waals surface area (Å²) in [6.07, 6.45) is -0.205. The minimum Gasteiger partial charge on any atom is -0.480 e. The molecule has 0 heterocycles. The van der Waals surface area contributed by atoms with Crippen molar-refractivity contribution in [1.82, 2.24) is 16.0 Å². The molecule has 0 spiro atoms. The van der Waals surface area contributed by atoms with E-state index in [0.29, 0.717) is 5.75 Å². The zero-order chi connectivity index (χ0) is 26.4. The van der Waals surface area contributed by atoms with E-state index in [2.05, 4.69) is 16.0 Å². The van der Waals surface area contributed by atoms with Gasteiger partial charge in [0.05, 0.1) is 12.1 Å². The highest BCUT2D eigenvalue weighted by atomic mass is 32.2. The van der Waals surface area contributed by atoms with Gasteiger partial charge in [-0.3, -0.25) is 24.0 Å². The number of carbonyl (C=O) groups is 6. The van der Waals surface area contributed by atoms with Gasteiger partial charge in [-0.05, 0) is 38.2 Å². The van der Waals surface area contributed by atoms with Crippen LogP contribution in [0, 0.1) is 0 Å². The number of hydrogen-bond acceptors (Lipinski definition) is 9. The Kier molecular flexibility index (Phi) is 14.5. The third-order valence-electron chi connectivity index (χ3n) is 4.64. The number of aliphatic carboxylic acids is 1. The first kappa shape index (κ1) is 31.1. The number of carboxylic acids is 1. The van der Waals surface area contributed by atoms with Crippen molar-refractivity contribution in [2.45, 2.75) is 69.3 Å². The minimum absolute atomic E-state index is 0.0302. The van der Waals surface area contributed by atoms with E-state index < -0.39 is 65.8 Å². The van der Waals surface area contributed by atoms with Crippen LogP contribution in [0.1, 0.15) is 39.0 Å². The van der Waals surface area contributed by atoms with Crippen molar-refractivity contribution in [2.24, 2.45) is 17.2 Å². The van der Waals surface area contributed by atoms with Crippen LogP contribution in [-0.4, -0.2) is 88.0 Å². The summed E-state index contributed by atoms with van der Waals surface area (Å²) >= 11 is 1.39. The molecule has 0 aromatic carbocycles. The highest BCUT2D eigenvalue weighted by molar-refractivity contribution is 7.98. The number of nitrogens with two attached hydrogens (primary N) is 3. The third-order valence-corrected chi connectivity index (χ3v) is 5.28. The van der Waals surface area contributed by atoms with Crippen molar-refractivity contribution in [3.05, 3.63) is 0 Å². The summed E-state index contributed by atoms with van der Waals surface area (Å²) in [6, 6.07) is -5.25. The molecule has 0 radical (unpaired) electrons. The first-order valence-electron chi connectivity index (χ1n) is 10.4. The summed E-state index contributed by atoms with van der Waals surface area (Å²) in [6.45, 7) is 1.16. The average molecular weight is 507 g/mol. The Morgan fingerprint density at radius 2 is 1.29 bits per heavy atom. The smallest absolute Gasteiger partial charge is 0.328 e. The molecule has 0 fully saturated rings. The van der Waals surface area contributed by atoms with Gasteiger partial charge < -0.3 is 43.4 Å². The normalized spacial score (nSPS) is 15.2. The Hall–Kier alpha value is -2.91. The molecule has 34 heavy (non-hydrogen) atoms. The van der Waals surface area contributed by atoms with E-state index in [1.807, 2.05) is 0 Å². The molecule has 5 atom stereocenters. The highest BCUT2D eigenvalue weighted by Crippen LogP contribution is 2.06. The lowest BCUT2D eigenvalue weighted by Crippen LogP contribution is -2.58. The van der Waals surface area contributed by atoms with E-state index in [4.69, 9.17) is 22.3 Å². The quantitative estimate of drug-likeness (QED) is 0.0965. The van der Waals surface area contributed by atoms with Gasteiger partial charge in [0.15, 0.2) is 6.04 Å². The topological polar surface area (TPSA) is 257 Å². The maximum absolute atomic E-state index is 12.9. The minimum atomic E-state index is -1.66.